The standard InChI is InChI=1S/C17H18F3NO3/c18-17(19,20)14-6-2-1-5-13(14)15-10-21(7-9-24-15)16(22)12-4-3-8-23-11-12/h1-2,5-6,11,15H,3-4,7-10H2/t15-/m1/s1. The van der Waals surface area contributed by atoms with Gasteiger partial charge in [-0.1, -0.05) is 18.2 Å². The zero-order valence-corrected chi connectivity index (χ0v) is 13.0. The Kier molecular flexibility index (Phi) is 4.80. The fraction of sp³-hybridized carbons (Fsp3) is 0.471. The van der Waals surface area contributed by atoms with Crippen LogP contribution in [0, 0.1) is 0 Å². The topological polar surface area (TPSA) is 38.8 Å². The molecule has 0 bridgehead atoms. The summed E-state index contributed by atoms with van der Waals surface area (Å²) in [6.07, 6.45) is -2.39. The third-order valence-electron chi connectivity index (χ3n) is 4.18. The Morgan fingerprint density at radius 1 is 1.21 bits per heavy atom. The van der Waals surface area contributed by atoms with Gasteiger partial charge in [0.15, 0.2) is 0 Å². The lowest BCUT2D eigenvalue weighted by Crippen LogP contribution is -2.43. The molecule has 0 radical (unpaired) electrons. The molecule has 1 aromatic rings. The van der Waals surface area contributed by atoms with Crippen molar-refractivity contribution in [2.24, 2.45) is 0 Å². The molecule has 4 nitrogen and oxygen atoms in total. The van der Waals surface area contributed by atoms with Gasteiger partial charge in [0.05, 0.1) is 37.2 Å². The highest BCUT2D eigenvalue weighted by Crippen LogP contribution is 2.36. The zero-order valence-electron chi connectivity index (χ0n) is 13.0. The van der Waals surface area contributed by atoms with Crippen molar-refractivity contribution >= 4 is 5.91 Å². The van der Waals surface area contributed by atoms with E-state index in [1.807, 2.05) is 0 Å². The molecule has 2 aliphatic rings. The van der Waals surface area contributed by atoms with Gasteiger partial charge >= 0.3 is 6.18 Å². The smallest absolute Gasteiger partial charge is 0.416 e. The average molecular weight is 341 g/mol. The van der Waals surface area contributed by atoms with E-state index in [0.717, 1.165) is 12.5 Å². The van der Waals surface area contributed by atoms with Crippen LogP contribution < -0.4 is 0 Å². The van der Waals surface area contributed by atoms with Gasteiger partial charge in [-0.15, -0.1) is 0 Å². The number of carbonyl (C=O) groups excluding carboxylic acids is 1. The van der Waals surface area contributed by atoms with Gasteiger partial charge in [-0.3, -0.25) is 4.79 Å². The molecule has 24 heavy (non-hydrogen) atoms. The number of ether oxygens (including phenoxy) is 2. The van der Waals surface area contributed by atoms with E-state index in [0.29, 0.717) is 25.1 Å². The van der Waals surface area contributed by atoms with Gasteiger partial charge < -0.3 is 14.4 Å². The molecule has 2 heterocycles. The van der Waals surface area contributed by atoms with E-state index in [4.69, 9.17) is 9.47 Å². The Labute approximate surface area is 137 Å². The van der Waals surface area contributed by atoms with E-state index < -0.39 is 17.8 Å². The molecule has 2 aliphatic heterocycles. The van der Waals surface area contributed by atoms with Crippen molar-refractivity contribution < 1.29 is 27.4 Å². The third kappa shape index (κ3) is 3.56. The van der Waals surface area contributed by atoms with Crippen LogP contribution in [0.1, 0.15) is 30.1 Å². The molecule has 1 amide bonds. The summed E-state index contributed by atoms with van der Waals surface area (Å²) in [7, 11) is 0. The highest BCUT2D eigenvalue weighted by Gasteiger charge is 2.37. The monoisotopic (exact) mass is 341 g/mol. The molecule has 0 spiro atoms. The fourth-order valence-corrected chi connectivity index (χ4v) is 2.98. The van der Waals surface area contributed by atoms with Crippen molar-refractivity contribution in [1.29, 1.82) is 0 Å². The molecule has 0 unspecified atom stereocenters. The van der Waals surface area contributed by atoms with Gasteiger partial charge in [0, 0.05) is 6.54 Å². The molecule has 1 fully saturated rings. The second-order valence-electron chi connectivity index (χ2n) is 5.81. The molecule has 0 N–H and O–H groups in total. The predicted octanol–water partition coefficient (Wildman–Crippen LogP) is 3.30. The normalized spacial score (nSPS) is 21.9. The summed E-state index contributed by atoms with van der Waals surface area (Å²) in [5, 5.41) is 0. The van der Waals surface area contributed by atoms with Crippen LogP contribution in [0.25, 0.3) is 0 Å². The summed E-state index contributed by atoms with van der Waals surface area (Å²) in [5.74, 6) is -0.188. The van der Waals surface area contributed by atoms with E-state index in [1.54, 1.807) is 11.0 Å². The lowest BCUT2D eigenvalue weighted by Gasteiger charge is -2.35. The number of amides is 1. The number of benzene rings is 1. The molecule has 1 saturated heterocycles. The summed E-state index contributed by atoms with van der Waals surface area (Å²) in [6.45, 7) is 1.25. The van der Waals surface area contributed by atoms with E-state index >= 15 is 0 Å². The first kappa shape index (κ1) is 16.8. The SMILES string of the molecule is O=C(C1=COCCC1)N1CCO[C@@H](c2ccccc2C(F)(F)F)C1. The molecule has 3 rings (SSSR count). The second-order valence-corrected chi connectivity index (χ2v) is 5.81. The Hall–Kier alpha value is -2.02. The highest BCUT2D eigenvalue weighted by atomic mass is 19.4. The van der Waals surface area contributed by atoms with E-state index in [1.165, 1.54) is 18.4 Å². The van der Waals surface area contributed by atoms with Crippen LogP contribution in [0.3, 0.4) is 0 Å². The minimum Gasteiger partial charge on any atom is -0.501 e. The quantitative estimate of drug-likeness (QED) is 0.828. The minimum absolute atomic E-state index is 0.0661. The van der Waals surface area contributed by atoms with Gasteiger partial charge in [-0.05, 0) is 24.5 Å². The van der Waals surface area contributed by atoms with Gasteiger partial charge in [0.25, 0.3) is 5.91 Å². The summed E-state index contributed by atoms with van der Waals surface area (Å²) >= 11 is 0. The van der Waals surface area contributed by atoms with Crippen LogP contribution in [0.2, 0.25) is 0 Å². The Morgan fingerprint density at radius 3 is 2.71 bits per heavy atom. The number of alkyl halides is 3. The summed E-state index contributed by atoms with van der Waals surface area (Å²) in [4.78, 5) is 14.1. The summed E-state index contributed by atoms with van der Waals surface area (Å²) in [6, 6.07) is 5.34. The lowest BCUT2D eigenvalue weighted by molar-refractivity contribution is -0.142. The molecule has 0 aromatic heterocycles. The second kappa shape index (κ2) is 6.84. The molecule has 1 atom stereocenters. The van der Waals surface area contributed by atoms with Gasteiger partial charge in [0.2, 0.25) is 0 Å². The summed E-state index contributed by atoms with van der Waals surface area (Å²) in [5.41, 5.74) is -0.0908. The number of halogens is 3. The lowest BCUT2D eigenvalue weighted by atomic mass is 10.00. The summed E-state index contributed by atoms with van der Waals surface area (Å²) < 4.78 is 50.3. The molecule has 7 heteroatoms. The maximum Gasteiger partial charge on any atom is 0.416 e. The number of hydrogen-bond acceptors (Lipinski definition) is 3. The third-order valence-corrected chi connectivity index (χ3v) is 4.18. The maximum absolute atomic E-state index is 13.2. The van der Waals surface area contributed by atoms with Crippen LogP contribution in [0.5, 0.6) is 0 Å². The van der Waals surface area contributed by atoms with Crippen molar-refractivity contribution in [3.8, 4) is 0 Å². The largest absolute Gasteiger partial charge is 0.501 e. The molecular formula is C17H18F3NO3. The van der Waals surface area contributed by atoms with Gasteiger partial charge in [0.1, 0.15) is 6.10 Å². The number of nitrogens with zero attached hydrogens (tertiary/aromatic N) is 1. The van der Waals surface area contributed by atoms with Gasteiger partial charge in [-0.2, -0.15) is 13.2 Å². The number of hydrogen-bond donors (Lipinski definition) is 0. The van der Waals surface area contributed by atoms with Gasteiger partial charge in [-0.25, -0.2) is 0 Å². The van der Waals surface area contributed by atoms with E-state index in [-0.39, 0.29) is 24.6 Å². The Morgan fingerprint density at radius 2 is 2.00 bits per heavy atom. The molecule has 0 aliphatic carbocycles. The first-order valence-electron chi connectivity index (χ1n) is 7.84. The van der Waals surface area contributed by atoms with Crippen LogP contribution in [-0.4, -0.2) is 37.1 Å². The van der Waals surface area contributed by atoms with Crippen molar-refractivity contribution in [3.63, 3.8) is 0 Å². The molecule has 1 aromatic carbocycles. The molecule has 130 valence electrons. The zero-order chi connectivity index (χ0) is 17.2. The van der Waals surface area contributed by atoms with Crippen molar-refractivity contribution in [3.05, 3.63) is 47.2 Å². The number of carbonyl (C=O) groups is 1. The maximum atomic E-state index is 13.2. The first-order valence-corrected chi connectivity index (χ1v) is 7.84. The van der Waals surface area contributed by atoms with Crippen LogP contribution in [-0.2, 0) is 20.4 Å². The Bertz CT molecular complexity index is 642. The van der Waals surface area contributed by atoms with Crippen molar-refractivity contribution in [2.45, 2.75) is 25.1 Å². The predicted molar refractivity (Wildman–Crippen MR) is 80.0 cm³/mol. The van der Waals surface area contributed by atoms with Crippen LogP contribution in [0.4, 0.5) is 13.2 Å². The Balaban J connectivity index is 1.79. The minimum atomic E-state index is -4.45. The van der Waals surface area contributed by atoms with Crippen LogP contribution in [0.15, 0.2) is 36.1 Å². The van der Waals surface area contributed by atoms with E-state index in [2.05, 4.69) is 0 Å². The highest BCUT2D eigenvalue weighted by molar-refractivity contribution is 5.93. The first-order chi connectivity index (χ1) is 11.5. The van der Waals surface area contributed by atoms with Crippen molar-refractivity contribution in [2.75, 3.05) is 26.3 Å². The van der Waals surface area contributed by atoms with E-state index in [9.17, 15) is 18.0 Å². The molecule has 0 saturated carbocycles. The number of morpholine rings is 1. The number of rotatable bonds is 2. The molecular weight excluding hydrogens is 323 g/mol. The fourth-order valence-electron chi connectivity index (χ4n) is 2.98. The average Bonchev–Trinajstić information content (AvgIpc) is 2.61. The van der Waals surface area contributed by atoms with Crippen molar-refractivity contribution in [1.82, 2.24) is 4.90 Å². The van der Waals surface area contributed by atoms with Crippen LogP contribution >= 0.6 is 0 Å².